The van der Waals surface area contributed by atoms with Crippen molar-refractivity contribution < 1.29 is 23.5 Å². The molecule has 0 aliphatic carbocycles. The molecule has 3 aromatic carbocycles. The minimum absolute atomic E-state index is 0.266. The Morgan fingerprint density at radius 3 is 2.35 bits per heavy atom. The minimum atomic E-state index is -0.513. The average molecular weight is 485 g/mol. The van der Waals surface area contributed by atoms with E-state index in [9.17, 15) is 14.0 Å². The predicted octanol–water partition coefficient (Wildman–Crippen LogP) is 4.97. The second kappa shape index (κ2) is 10.5. The number of rotatable bonds is 7. The van der Waals surface area contributed by atoms with Crippen molar-refractivity contribution in [2.45, 2.75) is 6.92 Å². The zero-order valence-corrected chi connectivity index (χ0v) is 18.1. The van der Waals surface area contributed by atoms with Crippen molar-refractivity contribution in [3.8, 4) is 11.5 Å². The van der Waals surface area contributed by atoms with Gasteiger partial charge < -0.3 is 9.47 Å². The van der Waals surface area contributed by atoms with Crippen molar-refractivity contribution in [1.82, 2.24) is 5.43 Å². The summed E-state index contributed by atoms with van der Waals surface area (Å²) in [5, 5.41) is 3.90. The van der Waals surface area contributed by atoms with Crippen LogP contribution in [0.2, 0.25) is 0 Å². The van der Waals surface area contributed by atoms with Crippen molar-refractivity contribution in [2.24, 2.45) is 5.10 Å². The molecule has 0 unspecified atom stereocenters. The van der Waals surface area contributed by atoms with E-state index in [-0.39, 0.29) is 11.3 Å². The van der Waals surface area contributed by atoms with E-state index in [2.05, 4.69) is 26.5 Å². The number of benzene rings is 3. The first-order valence-corrected chi connectivity index (χ1v) is 10.1. The van der Waals surface area contributed by atoms with Crippen molar-refractivity contribution >= 4 is 34.0 Å². The summed E-state index contributed by atoms with van der Waals surface area (Å²) in [6, 6.07) is 16.8. The maximum atomic E-state index is 12.9. The molecule has 3 aromatic rings. The largest absolute Gasteiger partial charge is 0.490 e. The smallest absolute Gasteiger partial charge is 0.343 e. The fraction of sp³-hybridized carbons (Fsp3) is 0.0870. The number of nitrogens with one attached hydrogen (secondary N) is 1. The number of esters is 1. The number of carbonyl (C=O) groups excluding carboxylic acids is 2. The molecule has 3 rings (SSSR count). The molecule has 1 amide bonds. The number of halogens is 2. The van der Waals surface area contributed by atoms with Gasteiger partial charge in [-0.05, 0) is 79.2 Å². The third kappa shape index (κ3) is 6.23. The van der Waals surface area contributed by atoms with Crippen LogP contribution in [0, 0.1) is 5.82 Å². The fourth-order valence-corrected chi connectivity index (χ4v) is 2.80. The minimum Gasteiger partial charge on any atom is -0.490 e. The highest BCUT2D eigenvalue weighted by molar-refractivity contribution is 9.10. The molecule has 158 valence electrons. The Hall–Kier alpha value is -3.52. The lowest BCUT2D eigenvalue weighted by Gasteiger charge is -2.11. The van der Waals surface area contributed by atoms with E-state index in [1.807, 2.05) is 6.92 Å². The highest BCUT2D eigenvalue weighted by Crippen LogP contribution is 2.29. The highest BCUT2D eigenvalue weighted by atomic mass is 79.9. The summed E-state index contributed by atoms with van der Waals surface area (Å²) in [5.41, 5.74) is 3.67. The SMILES string of the molecule is CCOc1cc(C=NNC(=O)c2ccc(F)cc2)ccc1OC(=O)c1ccc(Br)cc1. The molecular weight excluding hydrogens is 467 g/mol. The molecule has 0 aromatic heterocycles. The van der Waals surface area contributed by atoms with Gasteiger partial charge in [-0.1, -0.05) is 15.9 Å². The molecule has 0 saturated carbocycles. The lowest BCUT2D eigenvalue weighted by Crippen LogP contribution is -2.17. The van der Waals surface area contributed by atoms with E-state index < -0.39 is 17.7 Å². The lowest BCUT2D eigenvalue weighted by atomic mass is 10.2. The number of carbonyl (C=O) groups is 2. The number of hydrogen-bond acceptors (Lipinski definition) is 5. The van der Waals surface area contributed by atoms with Crippen LogP contribution in [0.5, 0.6) is 11.5 Å². The predicted molar refractivity (Wildman–Crippen MR) is 118 cm³/mol. The first-order chi connectivity index (χ1) is 15.0. The summed E-state index contributed by atoms with van der Waals surface area (Å²) in [6.45, 7) is 2.18. The first-order valence-electron chi connectivity index (χ1n) is 9.30. The van der Waals surface area contributed by atoms with Crippen LogP contribution < -0.4 is 14.9 Å². The zero-order valence-electron chi connectivity index (χ0n) is 16.5. The fourth-order valence-electron chi connectivity index (χ4n) is 2.53. The van der Waals surface area contributed by atoms with Gasteiger partial charge in [-0.2, -0.15) is 5.10 Å². The Kier molecular flexibility index (Phi) is 7.50. The Balaban J connectivity index is 1.69. The maximum absolute atomic E-state index is 12.9. The van der Waals surface area contributed by atoms with Crippen molar-refractivity contribution in [3.63, 3.8) is 0 Å². The summed E-state index contributed by atoms with van der Waals surface area (Å²) in [6.07, 6.45) is 1.42. The molecule has 0 atom stereocenters. The summed E-state index contributed by atoms with van der Waals surface area (Å²) in [5.74, 6) is -0.781. The summed E-state index contributed by atoms with van der Waals surface area (Å²) in [4.78, 5) is 24.4. The molecule has 0 aliphatic rings. The van der Waals surface area contributed by atoms with Crippen molar-refractivity contribution in [1.29, 1.82) is 0 Å². The molecule has 0 spiro atoms. The van der Waals surface area contributed by atoms with Gasteiger partial charge in [-0.15, -0.1) is 0 Å². The van der Waals surface area contributed by atoms with Gasteiger partial charge in [0.05, 0.1) is 18.4 Å². The normalized spacial score (nSPS) is 10.7. The van der Waals surface area contributed by atoms with Crippen molar-refractivity contribution in [3.05, 3.63) is 93.7 Å². The monoisotopic (exact) mass is 484 g/mol. The quantitative estimate of drug-likeness (QED) is 0.222. The molecular formula is C23H18BrFN2O4. The van der Waals surface area contributed by atoms with Gasteiger partial charge >= 0.3 is 5.97 Å². The Labute approximate surface area is 186 Å². The van der Waals surface area contributed by atoms with Crippen LogP contribution in [0.3, 0.4) is 0 Å². The van der Waals surface area contributed by atoms with Gasteiger partial charge in [0.1, 0.15) is 5.82 Å². The van der Waals surface area contributed by atoms with Gasteiger partial charge in [0.25, 0.3) is 5.91 Å². The Morgan fingerprint density at radius 2 is 1.68 bits per heavy atom. The highest BCUT2D eigenvalue weighted by Gasteiger charge is 2.13. The molecule has 0 aliphatic heterocycles. The zero-order chi connectivity index (χ0) is 22.2. The maximum Gasteiger partial charge on any atom is 0.343 e. The molecule has 0 radical (unpaired) electrons. The van der Waals surface area contributed by atoms with Crippen LogP contribution in [0.1, 0.15) is 33.2 Å². The Bertz CT molecular complexity index is 1100. The molecule has 0 fully saturated rings. The summed E-state index contributed by atoms with van der Waals surface area (Å²) in [7, 11) is 0. The molecule has 31 heavy (non-hydrogen) atoms. The van der Waals surface area contributed by atoms with Crippen LogP contribution in [0.4, 0.5) is 4.39 Å². The number of hydrazone groups is 1. The van der Waals surface area contributed by atoms with E-state index in [1.165, 1.54) is 30.5 Å². The van der Waals surface area contributed by atoms with Crippen LogP contribution in [-0.2, 0) is 0 Å². The summed E-state index contributed by atoms with van der Waals surface area (Å²) >= 11 is 3.32. The third-order valence-corrected chi connectivity index (χ3v) is 4.56. The molecule has 0 heterocycles. The third-order valence-electron chi connectivity index (χ3n) is 4.04. The second-order valence-electron chi connectivity index (χ2n) is 6.24. The topological polar surface area (TPSA) is 77.0 Å². The van der Waals surface area contributed by atoms with Gasteiger partial charge in [-0.3, -0.25) is 4.79 Å². The average Bonchev–Trinajstić information content (AvgIpc) is 2.76. The number of hydrogen-bond donors (Lipinski definition) is 1. The number of nitrogens with zero attached hydrogens (tertiary/aromatic N) is 1. The second-order valence-corrected chi connectivity index (χ2v) is 7.16. The number of ether oxygens (including phenoxy) is 2. The van der Waals surface area contributed by atoms with Crippen LogP contribution >= 0.6 is 15.9 Å². The van der Waals surface area contributed by atoms with Crippen LogP contribution in [0.25, 0.3) is 0 Å². The molecule has 0 saturated heterocycles. The van der Waals surface area contributed by atoms with Gasteiger partial charge in [0.2, 0.25) is 0 Å². The first kappa shape index (κ1) is 22.2. The van der Waals surface area contributed by atoms with Crippen molar-refractivity contribution in [2.75, 3.05) is 6.61 Å². The summed E-state index contributed by atoms with van der Waals surface area (Å²) < 4.78 is 24.8. The van der Waals surface area contributed by atoms with E-state index in [0.29, 0.717) is 23.5 Å². The van der Waals surface area contributed by atoms with Gasteiger partial charge in [0.15, 0.2) is 11.5 Å². The lowest BCUT2D eigenvalue weighted by molar-refractivity contribution is 0.0728. The molecule has 6 nitrogen and oxygen atoms in total. The standard InChI is InChI=1S/C23H18BrFN2O4/c1-2-30-21-13-15(14-26-27-22(28)16-6-10-19(25)11-7-16)3-12-20(21)31-23(29)17-4-8-18(24)9-5-17/h3-14H,2H2,1H3,(H,27,28). The van der Waals surface area contributed by atoms with Gasteiger partial charge in [0, 0.05) is 10.0 Å². The van der Waals surface area contributed by atoms with E-state index >= 15 is 0 Å². The molecule has 8 heteroatoms. The van der Waals surface area contributed by atoms with E-state index in [1.54, 1.807) is 42.5 Å². The van der Waals surface area contributed by atoms with Gasteiger partial charge in [-0.25, -0.2) is 14.6 Å². The molecule has 1 N–H and O–H groups in total. The van der Waals surface area contributed by atoms with Crippen LogP contribution in [0.15, 0.2) is 76.3 Å². The van der Waals surface area contributed by atoms with Crippen LogP contribution in [-0.4, -0.2) is 24.7 Å². The number of amides is 1. The van der Waals surface area contributed by atoms with E-state index in [0.717, 1.165) is 4.47 Å². The molecule has 0 bridgehead atoms. The van der Waals surface area contributed by atoms with E-state index in [4.69, 9.17) is 9.47 Å². The Morgan fingerprint density at radius 1 is 1.00 bits per heavy atom.